The predicted octanol–water partition coefficient (Wildman–Crippen LogP) is 1.83. The molecule has 0 radical (unpaired) electrons. The number of aromatic carboxylic acids is 1. The van der Waals surface area contributed by atoms with Crippen molar-refractivity contribution < 1.29 is 19.2 Å². The summed E-state index contributed by atoms with van der Waals surface area (Å²) in [6.07, 6.45) is 3.75. The summed E-state index contributed by atoms with van der Waals surface area (Å²) in [5.74, 6) is -1.28. The second-order valence-electron chi connectivity index (χ2n) is 3.01. The zero-order valence-electron chi connectivity index (χ0n) is 8.64. The normalized spacial score (nSPS) is 10.2. The molecule has 2 aromatic heterocycles. The second kappa shape index (κ2) is 4.84. The predicted molar refractivity (Wildman–Crippen MR) is 58.5 cm³/mol. The van der Waals surface area contributed by atoms with Crippen LogP contribution in [-0.2, 0) is 0 Å². The van der Waals surface area contributed by atoms with Crippen LogP contribution in [0.1, 0.15) is 10.4 Å². The van der Waals surface area contributed by atoms with Crippen molar-refractivity contribution in [2.75, 3.05) is 0 Å². The molecule has 8 nitrogen and oxygen atoms in total. The van der Waals surface area contributed by atoms with Crippen LogP contribution < -0.4 is 0 Å². The molecule has 9 heteroatoms. The molecule has 0 atom stereocenters. The molecular weight excluding hydrogens is 262 g/mol. The number of carboxylic acids is 1. The van der Waals surface area contributed by atoms with Gasteiger partial charge in [0, 0.05) is 12.3 Å². The van der Waals surface area contributed by atoms with E-state index in [1.54, 1.807) is 0 Å². The first-order valence-electron chi connectivity index (χ1n) is 4.53. The van der Waals surface area contributed by atoms with Gasteiger partial charge in [0.1, 0.15) is 6.26 Å². The number of oxazole rings is 1. The van der Waals surface area contributed by atoms with Crippen LogP contribution in [0.2, 0.25) is 0 Å². The molecule has 0 aliphatic heterocycles. The largest absolute Gasteiger partial charge is 0.478 e. The zero-order chi connectivity index (χ0) is 13.1. The van der Waals surface area contributed by atoms with Crippen molar-refractivity contribution in [3.8, 4) is 0 Å². The van der Waals surface area contributed by atoms with Crippen LogP contribution in [0.25, 0.3) is 0 Å². The lowest BCUT2D eigenvalue weighted by Crippen LogP contribution is -2.01. The van der Waals surface area contributed by atoms with Gasteiger partial charge < -0.3 is 9.52 Å². The van der Waals surface area contributed by atoms with Crippen LogP contribution in [0.4, 0.5) is 5.69 Å². The molecule has 0 saturated heterocycles. The molecule has 0 spiro atoms. The molecule has 2 aromatic rings. The van der Waals surface area contributed by atoms with Gasteiger partial charge in [-0.2, -0.15) is 0 Å². The van der Waals surface area contributed by atoms with E-state index in [1.165, 1.54) is 12.5 Å². The highest BCUT2D eigenvalue weighted by molar-refractivity contribution is 7.99. The van der Waals surface area contributed by atoms with Crippen molar-refractivity contribution in [1.29, 1.82) is 0 Å². The molecule has 0 aliphatic rings. The van der Waals surface area contributed by atoms with E-state index in [1.807, 2.05) is 0 Å². The number of rotatable bonds is 4. The summed E-state index contributed by atoms with van der Waals surface area (Å²) in [7, 11) is 0. The Hall–Kier alpha value is -2.42. The number of carboxylic acid groups (broad SMARTS) is 1. The van der Waals surface area contributed by atoms with E-state index in [9.17, 15) is 14.9 Å². The van der Waals surface area contributed by atoms with E-state index < -0.39 is 16.6 Å². The van der Waals surface area contributed by atoms with Crippen molar-refractivity contribution in [3.63, 3.8) is 0 Å². The third kappa shape index (κ3) is 2.46. The number of hydrogen-bond acceptors (Lipinski definition) is 7. The molecule has 2 heterocycles. The van der Waals surface area contributed by atoms with Crippen LogP contribution in [0.3, 0.4) is 0 Å². The van der Waals surface area contributed by atoms with Gasteiger partial charge in [-0.25, -0.2) is 14.8 Å². The summed E-state index contributed by atoms with van der Waals surface area (Å²) in [5.41, 5.74) is -0.656. The quantitative estimate of drug-likeness (QED) is 0.658. The number of nitrogens with zero attached hydrogens (tertiary/aromatic N) is 3. The van der Waals surface area contributed by atoms with Gasteiger partial charge in [0.25, 0.3) is 5.22 Å². The molecule has 18 heavy (non-hydrogen) atoms. The fourth-order valence-corrected chi connectivity index (χ4v) is 1.84. The first kappa shape index (κ1) is 12.0. The smallest absolute Gasteiger partial charge is 0.337 e. The summed E-state index contributed by atoms with van der Waals surface area (Å²) in [4.78, 5) is 28.4. The number of nitro groups is 1. The number of carbonyl (C=O) groups is 1. The molecule has 92 valence electrons. The van der Waals surface area contributed by atoms with Gasteiger partial charge in [-0.1, -0.05) is 0 Å². The highest BCUT2D eigenvalue weighted by atomic mass is 32.2. The van der Waals surface area contributed by atoms with E-state index in [-0.39, 0.29) is 15.8 Å². The molecule has 0 aliphatic carbocycles. The summed E-state index contributed by atoms with van der Waals surface area (Å²) >= 11 is 0.846. The minimum Gasteiger partial charge on any atom is -0.478 e. The lowest BCUT2D eigenvalue weighted by Gasteiger charge is -2.00. The van der Waals surface area contributed by atoms with Crippen molar-refractivity contribution in [1.82, 2.24) is 9.97 Å². The average molecular weight is 267 g/mol. The minimum absolute atomic E-state index is 0.0208. The van der Waals surface area contributed by atoms with Gasteiger partial charge in [0.2, 0.25) is 0 Å². The van der Waals surface area contributed by atoms with Gasteiger partial charge in [0.15, 0.2) is 5.03 Å². The van der Waals surface area contributed by atoms with Crippen LogP contribution in [-0.4, -0.2) is 26.0 Å². The van der Waals surface area contributed by atoms with E-state index in [0.29, 0.717) is 0 Å². The fourth-order valence-electron chi connectivity index (χ4n) is 1.11. The Morgan fingerprint density at radius 1 is 1.50 bits per heavy atom. The number of aromatic nitrogens is 2. The molecule has 0 amide bonds. The van der Waals surface area contributed by atoms with Crippen molar-refractivity contribution in [3.05, 3.63) is 40.4 Å². The Balaban J connectivity index is 2.40. The van der Waals surface area contributed by atoms with Gasteiger partial charge in [0.05, 0.1) is 16.7 Å². The van der Waals surface area contributed by atoms with Crippen LogP contribution in [0.15, 0.2) is 39.4 Å². The van der Waals surface area contributed by atoms with E-state index >= 15 is 0 Å². The molecule has 0 aromatic carbocycles. The Kier molecular flexibility index (Phi) is 3.24. The van der Waals surface area contributed by atoms with Crippen LogP contribution >= 0.6 is 11.8 Å². The second-order valence-corrected chi connectivity index (χ2v) is 3.95. The maximum absolute atomic E-state index is 10.8. The first-order valence-corrected chi connectivity index (χ1v) is 5.34. The van der Waals surface area contributed by atoms with Crippen LogP contribution in [0.5, 0.6) is 0 Å². The maximum atomic E-state index is 10.8. The molecular formula is C9H5N3O5S. The minimum atomic E-state index is -1.28. The average Bonchev–Trinajstić information content (AvgIpc) is 2.81. The lowest BCUT2D eigenvalue weighted by atomic mass is 10.3. The Labute approximate surface area is 104 Å². The number of pyridine rings is 1. The summed E-state index contributed by atoms with van der Waals surface area (Å²) < 4.78 is 4.92. The molecule has 0 bridgehead atoms. The first-order chi connectivity index (χ1) is 8.58. The zero-order valence-corrected chi connectivity index (χ0v) is 9.46. The van der Waals surface area contributed by atoms with Crippen molar-refractivity contribution >= 4 is 23.4 Å². The lowest BCUT2D eigenvalue weighted by molar-refractivity contribution is -0.388. The third-order valence-electron chi connectivity index (χ3n) is 1.87. The summed E-state index contributed by atoms with van der Waals surface area (Å²) in [6.45, 7) is 0. The third-order valence-corrected chi connectivity index (χ3v) is 2.75. The van der Waals surface area contributed by atoms with E-state index in [0.717, 1.165) is 24.0 Å². The van der Waals surface area contributed by atoms with Gasteiger partial charge in [-0.3, -0.25) is 10.1 Å². The highest BCUT2D eigenvalue weighted by Gasteiger charge is 2.21. The number of hydrogen-bond donors (Lipinski definition) is 1. The molecule has 2 rings (SSSR count). The Bertz CT molecular complexity index is 598. The molecule has 0 unspecified atom stereocenters. The van der Waals surface area contributed by atoms with Crippen molar-refractivity contribution in [2.45, 2.75) is 10.2 Å². The summed E-state index contributed by atoms with van der Waals surface area (Å²) in [5, 5.41) is 19.8. The van der Waals surface area contributed by atoms with Gasteiger partial charge >= 0.3 is 11.7 Å². The van der Waals surface area contributed by atoms with E-state index in [2.05, 4.69) is 9.97 Å². The fraction of sp³-hybridized carbons (Fsp3) is 0. The van der Waals surface area contributed by atoms with Gasteiger partial charge in [-0.05, 0) is 11.8 Å². The van der Waals surface area contributed by atoms with Gasteiger partial charge in [-0.15, -0.1) is 0 Å². The van der Waals surface area contributed by atoms with Crippen molar-refractivity contribution in [2.24, 2.45) is 0 Å². The standard InChI is InChI=1S/C9H5N3O5S/c13-8(14)5-3-6(12(15)16)7(11-4-5)18-9-10-1-2-17-9/h1-4H,(H,13,14). The van der Waals surface area contributed by atoms with Crippen LogP contribution in [0, 0.1) is 10.1 Å². The topological polar surface area (TPSA) is 119 Å². The Morgan fingerprint density at radius 3 is 2.83 bits per heavy atom. The molecule has 0 saturated carbocycles. The molecule has 0 fully saturated rings. The molecule has 1 N–H and O–H groups in total. The maximum Gasteiger partial charge on any atom is 0.337 e. The van der Waals surface area contributed by atoms with E-state index in [4.69, 9.17) is 9.52 Å². The highest BCUT2D eigenvalue weighted by Crippen LogP contribution is 2.32. The SMILES string of the molecule is O=C(O)c1cnc(Sc2ncco2)c([N+](=O)[O-])c1. The Morgan fingerprint density at radius 2 is 2.28 bits per heavy atom. The summed E-state index contributed by atoms with van der Waals surface area (Å²) in [6, 6.07) is 0.945. The monoisotopic (exact) mass is 267 g/mol.